The Labute approximate surface area is 108 Å². The Bertz CT molecular complexity index is 342. The summed E-state index contributed by atoms with van der Waals surface area (Å²) in [7, 11) is 0. The number of likely N-dealkylation sites (tertiary alicyclic amines) is 1. The van der Waals surface area contributed by atoms with Crippen LogP contribution in [0.25, 0.3) is 0 Å². The average Bonchev–Trinajstić information content (AvgIpc) is 2.27. The number of amides is 1. The monoisotopic (exact) mass is 256 g/mol. The van der Waals surface area contributed by atoms with Crippen molar-refractivity contribution in [1.29, 1.82) is 5.26 Å². The number of hydrogen-bond donors (Lipinski definition) is 0. The number of ether oxygens (including phenoxy) is 1. The molecule has 4 nitrogen and oxygen atoms in total. The van der Waals surface area contributed by atoms with Crippen molar-refractivity contribution in [3.63, 3.8) is 0 Å². The van der Waals surface area contributed by atoms with Crippen LogP contribution in [0.4, 0.5) is 9.18 Å². The lowest BCUT2D eigenvalue weighted by Gasteiger charge is -2.38. The Morgan fingerprint density at radius 2 is 2.22 bits per heavy atom. The van der Waals surface area contributed by atoms with E-state index >= 15 is 0 Å². The van der Waals surface area contributed by atoms with Gasteiger partial charge in [0.1, 0.15) is 5.60 Å². The molecule has 0 aliphatic carbocycles. The smallest absolute Gasteiger partial charge is 0.410 e. The van der Waals surface area contributed by atoms with E-state index in [0.717, 1.165) is 0 Å². The summed E-state index contributed by atoms with van der Waals surface area (Å²) in [6, 6.07) is 2.18. The Hall–Kier alpha value is -1.31. The van der Waals surface area contributed by atoms with E-state index in [1.807, 2.05) is 0 Å². The fraction of sp³-hybridized carbons (Fsp3) is 0.846. The van der Waals surface area contributed by atoms with Crippen molar-refractivity contribution in [3.8, 4) is 6.07 Å². The fourth-order valence-electron chi connectivity index (χ4n) is 2.15. The van der Waals surface area contributed by atoms with E-state index in [4.69, 9.17) is 4.74 Å². The van der Waals surface area contributed by atoms with E-state index in [2.05, 4.69) is 6.07 Å². The van der Waals surface area contributed by atoms with Crippen LogP contribution in [-0.4, -0.2) is 36.4 Å². The summed E-state index contributed by atoms with van der Waals surface area (Å²) < 4.78 is 17.8. The number of hydrogen-bond acceptors (Lipinski definition) is 3. The molecule has 1 saturated heterocycles. The Balaban J connectivity index is 2.69. The summed E-state index contributed by atoms with van der Waals surface area (Å²) in [4.78, 5) is 13.4. The predicted molar refractivity (Wildman–Crippen MR) is 65.7 cm³/mol. The summed E-state index contributed by atoms with van der Waals surface area (Å²) >= 11 is 0. The van der Waals surface area contributed by atoms with E-state index in [0.29, 0.717) is 19.4 Å². The molecule has 0 aromatic carbocycles. The molecule has 1 atom stereocenters. The van der Waals surface area contributed by atoms with Gasteiger partial charge in [0.05, 0.1) is 18.2 Å². The molecule has 1 aliphatic heterocycles. The van der Waals surface area contributed by atoms with Crippen LogP contribution in [-0.2, 0) is 4.74 Å². The quantitative estimate of drug-likeness (QED) is 0.763. The van der Waals surface area contributed by atoms with Crippen molar-refractivity contribution in [3.05, 3.63) is 0 Å². The highest BCUT2D eigenvalue weighted by molar-refractivity contribution is 5.68. The third-order valence-electron chi connectivity index (χ3n) is 3.04. The molecule has 18 heavy (non-hydrogen) atoms. The molecule has 1 rings (SSSR count). The predicted octanol–water partition coefficient (Wildman–Crippen LogP) is 2.89. The summed E-state index contributed by atoms with van der Waals surface area (Å²) in [6.45, 7) is 5.71. The second kappa shape index (κ2) is 5.55. The molecule has 1 amide bonds. The zero-order valence-corrected chi connectivity index (χ0v) is 11.3. The lowest BCUT2D eigenvalue weighted by molar-refractivity contribution is 0.00963. The number of nitriles is 1. The third-order valence-corrected chi connectivity index (χ3v) is 3.04. The average molecular weight is 256 g/mol. The van der Waals surface area contributed by atoms with Gasteiger partial charge in [0, 0.05) is 13.1 Å². The van der Waals surface area contributed by atoms with Crippen LogP contribution in [0.5, 0.6) is 0 Å². The lowest BCUT2D eigenvalue weighted by Crippen LogP contribution is -2.47. The number of carbonyl (C=O) groups excluding carboxylic acids is 1. The van der Waals surface area contributed by atoms with Crippen molar-refractivity contribution in [2.45, 2.75) is 45.6 Å². The summed E-state index contributed by atoms with van der Waals surface area (Å²) in [5.74, 6) is 0. The van der Waals surface area contributed by atoms with Crippen molar-refractivity contribution in [2.24, 2.45) is 5.41 Å². The molecule has 0 aromatic rings. The standard InChI is InChI=1S/C13H21FN2O2/c1-12(2,3)18-11(17)16-8-4-5-13(9-15,10-16)6-7-14/h4-8,10H2,1-3H3. The van der Waals surface area contributed by atoms with E-state index in [-0.39, 0.29) is 13.0 Å². The Morgan fingerprint density at radius 3 is 2.72 bits per heavy atom. The van der Waals surface area contributed by atoms with Crippen LogP contribution in [0.2, 0.25) is 0 Å². The third kappa shape index (κ3) is 3.86. The molecule has 0 radical (unpaired) electrons. The molecular weight excluding hydrogens is 235 g/mol. The van der Waals surface area contributed by atoms with Gasteiger partial charge in [-0.3, -0.25) is 4.39 Å². The lowest BCUT2D eigenvalue weighted by atomic mass is 9.79. The van der Waals surface area contributed by atoms with Gasteiger partial charge in [-0.1, -0.05) is 0 Å². The number of carbonyl (C=O) groups is 1. The van der Waals surface area contributed by atoms with Crippen LogP contribution in [0.15, 0.2) is 0 Å². The van der Waals surface area contributed by atoms with Gasteiger partial charge in [0.25, 0.3) is 0 Å². The van der Waals surface area contributed by atoms with Gasteiger partial charge in [0.2, 0.25) is 0 Å². The molecule has 0 spiro atoms. The van der Waals surface area contributed by atoms with Crippen molar-refractivity contribution >= 4 is 6.09 Å². The van der Waals surface area contributed by atoms with Crippen LogP contribution in [0.1, 0.15) is 40.0 Å². The van der Waals surface area contributed by atoms with Gasteiger partial charge in [-0.15, -0.1) is 0 Å². The molecule has 0 saturated carbocycles. The van der Waals surface area contributed by atoms with Crippen molar-refractivity contribution in [2.75, 3.05) is 19.8 Å². The number of rotatable bonds is 2. The number of nitrogens with zero attached hydrogens (tertiary/aromatic N) is 2. The number of alkyl halides is 1. The van der Waals surface area contributed by atoms with Crippen molar-refractivity contribution < 1.29 is 13.9 Å². The van der Waals surface area contributed by atoms with Crippen LogP contribution in [0, 0.1) is 16.7 Å². The molecule has 0 bridgehead atoms. The molecule has 1 aliphatic rings. The largest absolute Gasteiger partial charge is 0.444 e. The van der Waals surface area contributed by atoms with Crippen molar-refractivity contribution in [1.82, 2.24) is 4.90 Å². The first-order valence-electron chi connectivity index (χ1n) is 6.27. The molecule has 102 valence electrons. The summed E-state index contributed by atoms with van der Waals surface area (Å²) in [6.07, 6.45) is 1.13. The zero-order valence-electron chi connectivity index (χ0n) is 11.3. The van der Waals surface area contributed by atoms with Crippen LogP contribution < -0.4 is 0 Å². The molecule has 1 unspecified atom stereocenters. The second-order valence-electron chi connectivity index (χ2n) is 5.84. The molecule has 1 heterocycles. The highest BCUT2D eigenvalue weighted by atomic mass is 19.1. The first-order chi connectivity index (χ1) is 8.32. The maximum absolute atomic E-state index is 12.5. The summed E-state index contributed by atoms with van der Waals surface area (Å²) in [5, 5.41) is 9.21. The normalized spacial score (nSPS) is 24.5. The zero-order chi connectivity index (χ0) is 13.8. The van der Waals surface area contributed by atoms with E-state index in [1.165, 1.54) is 4.90 Å². The maximum atomic E-state index is 12.5. The maximum Gasteiger partial charge on any atom is 0.410 e. The van der Waals surface area contributed by atoms with E-state index in [9.17, 15) is 14.4 Å². The summed E-state index contributed by atoms with van der Waals surface area (Å²) in [5.41, 5.74) is -1.30. The van der Waals surface area contributed by atoms with Gasteiger partial charge in [-0.05, 0) is 40.0 Å². The molecule has 5 heteroatoms. The van der Waals surface area contributed by atoms with E-state index in [1.54, 1.807) is 20.8 Å². The minimum Gasteiger partial charge on any atom is -0.444 e. The minimum atomic E-state index is -0.746. The second-order valence-corrected chi connectivity index (χ2v) is 5.84. The van der Waals surface area contributed by atoms with Gasteiger partial charge in [-0.25, -0.2) is 4.79 Å². The molecular formula is C13H21FN2O2. The van der Waals surface area contributed by atoms with Gasteiger partial charge in [0.15, 0.2) is 0 Å². The van der Waals surface area contributed by atoms with Crippen LogP contribution >= 0.6 is 0 Å². The molecule has 0 aromatic heterocycles. The topological polar surface area (TPSA) is 53.3 Å². The van der Waals surface area contributed by atoms with Gasteiger partial charge >= 0.3 is 6.09 Å². The first kappa shape index (κ1) is 14.7. The fourth-order valence-corrected chi connectivity index (χ4v) is 2.15. The molecule has 0 N–H and O–H groups in total. The minimum absolute atomic E-state index is 0.183. The number of halogens is 1. The molecule has 1 fully saturated rings. The highest BCUT2D eigenvalue weighted by Gasteiger charge is 2.38. The van der Waals surface area contributed by atoms with Gasteiger partial charge < -0.3 is 9.64 Å². The van der Waals surface area contributed by atoms with E-state index < -0.39 is 23.8 Å². The first-order valence-corrected chi connectivity index (χ1v) is 6.27. The van der Waals surface area contributed by atoms with Crippen LogP contribution in [0.3, 0.4) is 0 Å². The Morgan fingerprint density at radius 1 is 1.56 bits per heavy atom. The Kier molecular flexibility index (Phi) is 4.55. The van der Waals surface area contributed by atoms with Gasteiger partial charge in [-0.2, -0.15) is 5.26 Å². The SMILES string of the molecule is CC(C)(C)OC(=O)N1CCCC(C#N)(CCF)C1. The number of piperidine rings is 1. The highest BCUT2D eigenvalue weighted by Crippen LogP contribution is 2.33.